The predicted molar refractivity (Wildman–Crippen MR) is 65.1 cm³/mol. The first-order chi connectivity index (χ1) is 8.36. The molecule has 0 aromatic heterocycles. The van der Waals surface area contributed by atoms with Crippen molar-refractivity contribution in [2.24, 2.45) is 5.73 Å². The van der Waals surface area contributed by atoms with Gasteiger partial charge in [-0.1, -0.05) is 0 Å². The Morgan fingerprint density at radius 1 is 1.44 bits per heavy atom. The lowest BCUT2D eigenvalue weighted by atomic mass is 10.1. The lowest BCUT2D eigenvalue weighted by molar-refractivity contribution is -0.137. The molecule has 0 spiro atoms. The van der Waals surface area contributed by atoms with Crippen molar-refractivity contribution in [3.8, 4) is 0 Å². The number of hydrogen-bond acceptors (Lipinski definition) is 3. The van der Waals surface area contributed by atoms with Crippen molar-refractivity contribution in [2.45, 2.75) is 11.1 Å². The molecule has 0 radical (unpaired) electrons. The zero-order valence-electron chi connectivity index (χ0n) is 9.67. The van der Waals surface area contributed by atoms with Crippen molar-refractivity contribution in [3.05, 3.63) is 29.3 Å². The third-order valence-electron chi connectivity index (χ3n) is 2.14. The lowest BCUT2D eigenvalue weighted by Gasteiger charge is -2.13. The highest BCUT2D eigenvalue weighted by Crippen LogP contribution is 2.33. The molecular weight excluding hydrogens is 265 g/mol. The number of halogens is 3. The summed E-state index contributed by atoms with van der Waals surface area (Å²) >= 11 is 1.35. The van der Waals surface area contributed by atoms with Crippen LogP contribution in [0.2, 0.25) is 0 Å². The molecule has 1 aromatic rings. The molecule has 100 valence electrons. The number of amidine groups is 1. The SMILES string of the molecule is COCCSc1ccc(C(F)(F)F)c(C(=N)N)c1. The van der Waals surface area contributed by atoms with Crippen LogP contribution in [0.5, 0.6) is 0 Å². The van der Waals surface area contributed by atoms with Gasteiger partial charge in [-0.2, -0.15) is 13.2 Å². The third kappa shape index (κ3) is 3.92. The molecule has 3 N–H and O–H groups in total. The number of nitrogens with two attached hydrogens (primary N) is 1. The maximum Gasteiger partial charge on any atom is 0.417 e. The largest absolute Gasteiger partial charge is 0.417 e. The van der Waals surface area contributed by atoms with Gasteiger partial charge in [0.15, 0.2) is 0 Å². The zero-order chi connectivity index (χ0) is 13.8. The van der Waals surface area contributed by atoms with Crippen molar-refractivity contribution < 1.29 is 17.9 Å². The normalized spacial score (nSPS) is 11.6. The summed E-state index contributed by atoms with van der Waals surface area (Å²) in [6, 6.07) is 3.60. The monoisotopic (exact) mass is 278 g/mol. The van der Waals surface area contributed by atoms with Gasteiger partial charge in [0, 0.05) is 23.3 Å². The molecular formula is C11H13F3N2OS. The lowest BCUT2D eigenvalue weighted by Crippen LogP contribution is -2.18. The summed E-state index contributed by atoms with van der Waals surface area (Å²) in [5.41, 5.74) is 4.01. The van der Waals surface area contributed by atoms with Gasteiger partial charge in [0.1, 0.15) is 5.84 Å². The Hall–Kier alpha value is -1.21. The molecule has 0 aliphatic carbocycles. The van der Waals surface area contributed by atoms with Gasteiger partial charge in [0.25, 0.3) is 0 Å². The van der Waals surface area contributed by atoms with Crippen molar-refractivity contribution in [1.29, 1.82) is 5.41 Å². The first-order valence-electron chi connectivity index (χ1n) is 5.03. The first kappa shape index (κ1) is 14.8. The molecule has 0 amide bonds. The van der Waals surface area contributed by atoms with Crippen LogP contribution in [0.4, 0.5) is 13.2 Å². The maximum atomic E-state index is 12.7. The Kier molecular flexibility index (Phi) is 5.03. The third-order valence-corrected chi connectivity index (χ3v) is 3.10. The number of alkyl halides is 3. The number of thioether (sulfide) groups is 1. The minimum absolute atomic E-state index is 0.287. The van der Waals surface area contributed by atoms with Crippen LogP contribution >= 0.6 is 11.8 Å². The molecule has 0 heterocycles. The van der Waals surface area contributed by atoms with E-state index in [-0.39, 0.29) is 5.56 Å². The van der Waals surface area contributed by atoms with E-state index in [2.05, 4.69) is 0 Å². The average molecular weight is 278 g/mol. The first-order valence-corrected chi connectivity index (χ1v) is 6.02. The number of nitrogens with one attached hydrogen (secondary N) is 1. The molecule has 0 atom stereocenters. The fourth-order valence-electron chi connectivity index (χ4n) is 1.33. The Bertz CT molecular complexity index is 435. The molecule has 0 saturated heterocycles. The summed E-state index contributed by atoms with van der Waals surface area (Å²) < 4.78 is 42.9. The van der Waals surface area contributed by atoms with Gasteiger partial charge in [0.05, 0.1) is 12.2 Å². The molecule has 3 nitrogen and oxygen atoms in total. The van der Waals surface area contributed by atoms with E-state index >= 15 is 0 Å². The highest BCUT2D eigenvalue weighted by molar-refractivity contribution is 7.99. The molecule has 7 heteroatoms. The van der Waals surface area contributed by atoms with E-state index in [1.807, 2.05) is 0 Å². The standard InChI is InChI=1S/C11H13F3N2OS/c1-17-4-5-18-7-2-3-9(11(12,13)14)8(6-7)10(15)16/h2-3,6H,4-5H2,1H3,(H3,15,16). The summed E-state index contributed by atoms with van der Waals surface area (Å²) in [4.78, 5) is 0.630. The van der Waals surface area contributed by atoms with E-state index in [1.165, 1.54) is 23.9 Å². The highest BCUT2D eigenvalue weighted by atomic mass is 32.2. The van der Waals surface area contributed by atoms with Gasteiger partial charge in [-0.3, -0.25) is 5.41 Å². The second-order valence-electron chi connectivity index (χ2n) is 3.46. The smallest absolute Gasteiger partial charge is 0.384 e. The van der Waals surface area contributed by atoms with Crippen molar-refractivity contribution >= 4 is 17.6 Å². The summed E-state index contributed by atoms with van der Waals surface area (Å²) in [6.07, 6.45) is -4.50. The Labute approximate surface area is 107 Å². The van der Waals surface area contributed by atoms with Crippen LogP contribution in [0, 0.1) is 5.41 Å². The minimum atomic E-state index is -4.50. The fraction of sp³-hybridized carbons (Fsp3) is 0.364. The van der Waals surface area contributed by atoms with Gasteiger partial charge < -0.3 is 10.5 Å². The highest BCUT2D eigenvalue weighted by Gasteiger charge is 2.34. The molecule has 0 unspecified atom stereocenters. The van der Waals surface area contributed by atoms with Gasteiger partial charge >= 0.3 is 6.18 Å². The maximum absolute atomic E-state index is 12.7. The number of nitrogen functional groups attached to an aromatic ring is 1. The summed E-state index contributed by atoms with van der Waals surface area (Å²) in [6.45, 7) is 0.501. The quantitative estimate of drug-likeness (QED) is 0.377. The van der Waals surface area contributed by atoms with Gasteiger partial charge in [0.2, 0.25) is 0 Å². The summed E-state index contributed by atoms with van der Waals surface area (Å²) in [5, 5.41) is 7.21. The van der Waals surface area contributed by atoms with Crippen molar-refractivity contribution in [1.82, 2.24) is 0 Å². The van der Waals surface area contributed by atoms with Crippen molar-refractivity contribution in [2.75, 3.05) is 19.5 Å². The van der Waals surface area contributed by atoms with E-state index in [4.69, 9.17) is 15.9 Å². The molecule has 0 aliphatic heterocycles. The van der Waals surface area contributed by atoms with E-state index < -0.39 is 17.6 Å². The Morgan fingerprint density at radius 2 is 2.11 bits per heavy atom. The molecule has 0 bridgehead atoms. The summed E-state index contributed by atoms with van der Waals surface area (Å²) in [5.74, 6) is 0.0377. The van der Waals surface area contributed by atoms with Crippen LogP contribution in [0.1, 0.15) is 11.1 Å². The minimum Gasteiger partial charge on any atom is -0.384 e. The molecule has 0 saturated carbocycles. The second-order valence-corrected chi connectivity index (χ2v) is 4.63. The van der Waals surface area contributed by atoms with Crippen LogP contribution in [-0.4, -0.2) is 25.3 Å². The van der Waals surface area contributed by atoms with Gasteiger partial charge in [-0.25, -0.2) is 0 Å². The van der Waals surface area contributed by atoms with E-state index in [0.717, 1.165) is 6.07 Å². The Balaban J connectivity index is 3.01. The predicted octanol–water partition coefficient (Wildman–Crippen LogP) is 2.73. The molecule has 1 aromatic carbocycles. The zero-order valence-corrected chi connectivity index (χ0v) is 10.5. The summed E-state index contributed by atoms with van der Waals surface area (Å²) in [7, 11) is 1.55. The number of ether oxygens (including phenoxy) is 1. The van der Waals surface area contributed by atoms with E-state index in [9.17, 15) is 13.2 Å². The van der Waals surface area contributed by atoms with Gasteiger partial charge in [-0.15, -0.1) is 11.8 Å². The second kappa shape index (κ2) is 6.10. The van der Waals surface area contributed by atoms with Crippen LogP contribution in [0.15, 0.2) is 23.1 Å². The van der Waals surface area contributed by atoms with E-state index in [0.29, 0.717) is 17.3 Å². The fourth-order valence-corrected chi connectivity index (χ4v) is 2.18. The van der Waals surface area contributed by atoms with Crippen LogP contribution < -0.4 is 5.73 Å². The van der Waals surface area contributed by atoms with Crippen molar-refractivity contribution in [3.63, 3.8) is 0 Å². The molecule has 1 rings (SSSR count). The van der Waals surface area contributed by atoms with Gasteiger partial charge in [-0.05, 0) is 18.2 Å². The number of methoxy groups -OCH3 is 1. The van der Waals surface area contributed by atoms with E-state index in [1.54, 1.807) is 7.11 Å². The van der Waals surface area contributed by atoms with Crippen LogP contribution in [0.3, 0.4) is 0 Å². The van der Waals surface area contributed by atoms with Crippen LogP contribution in [-0.2, 0) is 10.9 Å². The number of hydrogen-bond donors (Lipinski definition) is 2. The van der Waals surface area contributed by atoms with Crippen LogP contribution in [0.25, 0.3) is 0 Å². The molecule has 0 fully saturated rings. The molecule has 18 heavy (non-hydrogen) atoms. The molecule has 0 aliphatic rings. The topological polar surface area (TPSA) is 59.1 Å². The average Bonchev–Trinajstić information content (AvgIpc) is 2.27. The number of benzene rings is 1. The number of rotatable bonds is 5. The Morgan fingerprint density at radius 3 is 2.61 bits per heavy atom.